The number of esters is 1. The third kappa shape index (κ3) is 4.42. The van der Waals surface area contributed by atoms with Gasteiger partial charge in [0.15, 0.2) is 6.61 Å². The van der Waals surface area contributed by atoms with Gasteiger partial charge in [-0.2, -0.15) is 0 Å². The van der Waals surface area contributed by atoms with Crippen molar-refractivity contribution in [3.63, 3.8) is 0 Å². The maximum absolute atomic E-state index is 12.8. The zero-order valence-electron chi connectivity index (χ0n) is 15.6. The van der Waals surface area contributed by atoms with Crippen molar-refractivity contribution in [2.45, 2.75) is 0 Å². The number of halogens is 1. The van der Waals surface area contributed by atoms with Crippen LogP contribution in [0, 0.1) is 0 Å². The van der Waals surface area contributed by atoms with Crippen LogP contribution in [0.4, 0.5) is 5.82 Å². The van der Waals surface area contributed by atoms with Crippen molar-refractivity contribution < 1.29 is 14.3 Å². The van der Waals surface area contributed by atoms with Crippen LogP contribution in [0.1, 0.15) is 10.4 Å². The maximum atomic E-state index is 12.8. The minimum atomic E-state index is -0.634. The lowest BCUT2D eigenvalue weighted by Crippen LogP contribution is -2.21. The topological polar surface area (TPSA) is 94.1 Å². The number of benzene rings is 1. The molecule has 0 saturated heterocycles. The van der Waals surface area contributed by atoms with E-state index in [0.29, 0.717) is 38.7 Å². The van der Waals surface area contributed by atoms with Crippen LogP contribution >= 0.6 is 11.6 Å². The van der Waals surface area contributed by atoms with E-state index in [-0.39, 0.29) is 0 Å². The lowest BCUT2D eigenvalue weighted by molar-refractivity contribution is -0.119. The summed E-state index contributed by atoms with van der Waals surface area (Å²) in [5.41, 5.74) is 2.10. The monoisotopic (exact) mass is 418 g/mol. The Bertz CT molecular complexity index is 1210. The molecule has 0 spiro atoms. The first-order valence-electron chi connectivity index (χ1n) is 9.00. The Balaban J connectivity index is 1.55. The first kappa shape index (κ1) is 19.5. The quantitative estimate of drug-likeness (QED) is 0.489. The molecule has 0 bridgehead atoms. The average molecular weight is 419 g/mol. The Kier molecular flexibility index (Phi) is 5.63. The normalized spacial score (nSPS) is 10.6. The molecule has 0 aliphatic carbocycles. The molecule has 148 valence electrons. The number of amides is 1. The molecule has 0 fully saturated rings. The van der Waals surface area contributed by atoms with Crippen molar-refractivity contribution in [3.8, 4) is 11.4 Å². The number of hydrogen-bond acceptors (Lipinski definition) is 6. The second-order valence-corrected chi connectivity index (χ2v) is 6.71. The number of ether oxygens (including phenoxy) is 1. The molecule has 0 aliphatic rings. The lowest BCUT2D eigenvalue weighted by Gasteiger charge is -2.10. The van der Waals surface area contributed by atoms with Gasteiger partial charge in [0, 0.05) is 17.8 Å². The highest BCUT2D eigenvalue weighted by Gasteiger charge is 2.17. The van der Waals surface area contributed by atoms with Gasteiger partial charge < -0.3 is 10.1 Å². The standard InChI is InChI=1S/C22H15ClN4O3/c23-14-8-9-20(25-12-14)27-21(28)13-30-22(29)16-11-19(18-7-3-4-10-24-18)26-17-6-2-1-5-15(16)17/h1-12H,13H2,(H,25,27,28). The molecular formula is C22H15ClN4O3. The van der Waals surface area contributed by atoms with Gasteiger partial charge in [-0.1, -0.05) is 35.9 Å². The van der Waals surface area contributed by atoms with Crippen molar-refractivity contribution in [1.82, 2.24) is 15.0 Å². The van der Waals surface area contributed by atoms with Crippen LogP contribution in [0.3, 0.4) is 0 Å². The van der Waals surface area contributed by atoms with E-state index in [1.54, 1.807) is 54.7 Å². The zero-order chi connectivity index (χ0) is 20.9. The Morgan fingerprint density at radius 2 is 1.80 bits per heavy atom. The van der Waals surface area contributed by atoms with Crippen molar-refractivity contribution in [3.05, 3.63) is 83.6 Å². The Labute approximate surface area is 176 Å². The van der Waals surface area contributed by atoms with E-state index >= 15 is 0 Å². The van der Waals surface area contributed by atoms with E-state index in [4.69, 9.17) is 16.3 Å². The summed E-state index contributed by atoms with van der Waals surface area (Å²) in [6, 6.07) is 17.4. The predicted molar refractivity (Wildman–Crippen MR) is 113 cm³/mol. The molecule has 3 heterocycles. The second kappa shape index (κ2) is 8.67. The van der Waals surface area contributed by atoms with Crippen molar-refractivity contribution in [2.24, 2.45) is 0 Å². The minimum Gasteiger partial charge on any atom is -0.452 e. The Morgan fingerprint density at radius 3 is 2.57 bits per heavy atom. The number of para-hydroxylation sites is 1. The number of anilines is 1. The molecule has 0 atom stereocenters. The highest BCUT2D eigenvalue weighted by atomic mass is 35.5. The van der Waals surface area contributed by atoms with Gasteiger partial charge in [-0.05, 0) is 36.4 Å². The summed E-state index contributed by atoms with van der Waals surface area (Å²) in [7, 11) is 0. The summed E-state index contributed by atoms with van der Waals surface area (Å²) in [4.78, 5) is 37.7. The number of carbonyl (C=O) groups excluding carboxylic acids is 2. The second-order valence-electron chi connectivity index (χ2n) is 6.27. The molecule has 0 aliphatic heterocycles. The largest absolute Gasteiger partial charge is 0.452 e. The van der Waals surface area contributed by atoms with Gasteiger partial charge >= 0.3 is 5.97 Å². The van der Waals surface area contributed by atoms with Crippen LogP contribution in [0.15, 0.2) is 73.1 Å². The van der Waals surface area contributed by atoms with Gasteiger partial charge in [0.05, 0.1) is 27.5 Å². The van der Waals surface area contributed by atoms with Crippen LogP contribution in [0.25, 0.3) is 22.3 Å². The van der Waals surface area contributed by atoms with Gasteiger partial charge in [0.1, 0.15) is 5.82 Å². The summed E-state index contributed by atoms with van der Waals surface area (Å²) in [5.74, 6) is -0.835. The molecule has 0 unspecified atom stereocenters. The van der Waals surface area contributed by atoms with Gasteiger partial charge in [0.2, 0.25) is 0 Å². The number of rotatable bonds is 5. The number of nitrogens with one attached hydrogen (secondary N) is 1. The smallest absolute Gasteiger partial charge is 0.339 e. The first-order chi connectivity index (χ1) is 14.6. The van der Waals surface area contributed by atoms with E-state index in [2.05, 4.69) is 20.3 Å². The third-order valence-corrected chi connectivity index (χ3v) is 4.42. The molecule has 0 saturated carbocycles. The van der Waals surface area contributed by atoms with E-state index in [0.717, 1.165) is 0 Å². The summed E-state index contributed by atoms with van der Waals surface area (Å²) in [6.07, 6.45) is 3.06. The van der Waals surface area contributed by atoms with Crippen LogP contribution in [-0.2, 0) is 9.53 Å². The number of fused-ring (bicyclic) bond motifs is 1. The van der Waals surface area contributed by atoms with Gasteiger partial charge in [-0.15, -0.1) is 0 Å². The summed E-state index contributed by atoms with van der Waals surface area (Å²) < 4.78 is 5.23. The van der Waals surface area contributed by atoms with Crippen LogP contribution in [-0.4, -0.2) is 33.4 Å². The molecule has 4 rings (SSSR count). The number of aromatic nitrogens is 3. The minimum absolute atomic E-state index is 0.304. The molecule has 1 aromatic carbocycles. The summed E-state index contributed by atoms with van der Waals surface area (Å²) in [5, 5.41) is 3.62. The SMILES string of the molecule is O=C(COC(=O)c1cc(-c2ccccn2)nc2ccccc12)Nc1ccc(Cl)cn1. The lowest BCUT2D eigenvalue weighted by atomic mass is 10.1. The Hall–Kier alpha value is -3.84. The fourth-order valence-electron chi connectivity index (χ4n) is 2.83. The molecule has 8 heteroatoms. The molecule has 3 aromatic heterocycles. The molecule has 4 aromatic rings. The number of nitrogens with zero attached hydrogens (tertiary/aromatic N) is 3. The molecule has 0 radical (unpaired) electrons. The average Bonchev–Trinajstić information content (AvgIpc) is 2.79. The predicted octanol–water partition coefficient (Wildman–Crippen LogP) is 4.14. The molecule has 1 N–H and O–H groups in total. The highest BCUT2D eigenvalue weighted by Crippen LogP contribution is 2.24. The number of carbonyl (C=O) groups is 2. The van der Waals surface area contributed by atoms with Crippen LogP contribution in [0.2, 0.25) is 5.02 Å². The molecule has 30 heavy (non-hydrogen) atoms. The van der Waals surface area contributed by atoms with Gasteiger partial charge in [0.25, 0.3) is 5.91 Å². The van der Waals surface area contributed by atoms with Crippen LogP contribution < -0.4 is 5.32 Å². The van der Waals surface area contributed by atoms with Crippen LogP contribution in [0.5, 0.6) is 0 Å². The summed E-state index contributed by atoms with van der Waals surface area (Å²) >= 11 is 5.77. The van der Waals surface area contributed by atoms with Gasteiger partial charge in [-0.25, -0.2) is 14.8 Å². The van der Waals surface area contributed by atoms with Crippen molar-refractivity contribution in [1.29, 1.82) is 0 Å². The number of pyridine rings is 3. The Morgan fingerprint density at radius 1 is 0.967 bits per heavy atom. The fraction of sp³-hybridized carbons (Fsp3) is 0.0455. The highest BCUT2D eigenvalue weighted by molar-refractivity contribution is 6.30. The van der Waals surface area contributed by atoms with E-state index in [1.165, 1.54) is 6.20 Å². The van der Waals surface area contributed by atoms with Crippen molar-refractivity contribution in [2.75, 3.05) is 11.9 Å². The summed E-state index contributed by atoms with van der Waals surface area (Å²) in [6.45, 7) is -0.460. The fourth-order valence-corrected chi connectivity index (χ4v) is 2.94. The van der Waals surface area contributed by atoms with E-state index in [1.807, 2.05) is 12.1 Å². The first-order valence-corrected chi connectivity index (χ1v) is 9.38. The zero-order valence-corrected chi connectivity index (χ0v) is 16.3. The molecule has 7 nitrogen and oxygen atoms in total. The van der Waals surface area contributed by atoms with E-state index in [9.17, 15) is 9.59 Å². The molecular weight excluding hydrogens is 404 g/mol. The third-order valence-electron chi connectivity index (χ3n) is 4.19. The van der Waals surface area contributed by atoms with E-state index < -0.39 is 18.5 Å². The van der Waals surface area contributed by atoms with Crippen molar-refractivity contribution >= 4 is 40.2 Å². The molecule has 1 amide bonds. The number of hydrogen-bond donors (Lipinski definition) is 1. The maximum Gasteiger partial charge on any atom is 0.339 e. The van der Waals surface area contributed by atoms with Gasteiger partial charge in [-0.3, -0.25) is 9.78 Å².